The van der Waals surface area contributed by atoms with Crippen LogP contribution < -0.4 is 10.6 Å². The number of carbonyl (C=O) groups excluding carboxylic acids is 3. The number of morpholine rings is 1. The van der Waals surface area contributed by atoms with Gasteiger partial charge < -0.3 is 25.4 Å². The fourth-order valence-corrected chi connectivity index (χ4v) is 9.91. The van der Waals surface area contributed by atoms with E-state index >= 15 is 0 Å². The lowest BCUT2D eigenvalue weighted by atomic mass is 9.70. The van der Waals surface area contributed by atoms with Crippen molar-refractivity contribution in [2.75, 3.05) is 53.0 Å². The molecule has 0 aromatic heterocycles. The van der Waals surface area contributed by atoms with Crippen molar-refractivity contribution >= 4 is 45.4 Å². The topological polar surface area (TPSA) is 111 Å². The first-order valence-electron chi connectivity index (χ1n) is 12.3. The fraction of sp³-hybridized carbons (Fsp3) is 0.870. The zero-order valence-electron chi connectivity index (χ0n) is 20.2. The molecule has 3 amide bonds. The summed E-state index contributed by atoms with van der Waals surface area (Å²) in [5.41, 5.74) is 0. The summed E-state index contributed by atoms with van der Waals surface area (Å²) in [4.78, 5) is 44.5. The van der Waals surface area contributed by atoms with Crippen LogP contribution in [-0.2, 0) is 19.1 Å². The Hall–Kier alpha value is -0.880. The minimum Gasteiger partial charge on any atom is -0.394 e. The summed E-state index contributed by atoms with van der Waals surface area (Å²) in [5, 5.41) is 16.0. The maximum absolute atomic E-state index is 13.9. The number of amides is 3. The Labute approximate surface area is 214 Å². The zero-order valence-corrected chi connectivity index (χ0v) is 22.6. The Morgan fingerprint density at radius 2 is 2.00 bits per heavy atom. The molecule has 2 bridgehead atoms. The van der Waals surface area contributed by atoms with Crippen LogP contribution in [0.25, 0.3) is 0 Å². The van der Waals surface area contributed by atoms with Crippen molar-refractivity contribution in [1.82, 2.24) is 20.4 Å². The Morgan fingerprint density at radius 1 is 1.29 bits per heavy atom. The molecule has 4 heterocycles. The second-order valence-corrected chi connectivity index (χ2v) is 13.0. The van der Waals surface area contributed by atoms with Crippen molar-refractivity contribution in [1.29, 1.82) is 0 Å². The minimum absolute atomic E-state index is 0.0464. The van der Waals surface area contributed by atoms with Gasteiger partial charge in [-0.05, 0) is 18.8 Å². The molecule has 1 spiro atoms. The van der Waals surface area contributed by atoms with Crippen molar-refractivity contribution in [3.8, 4) is 0 Å². The van der Waals surface area contributed by atoms with E-state index in [1.165, 1.54) is 0 Å². The molecular weight excluding hydrogens is 524 g/mol. The van der Waals surface area contributed by atoms with E-state index in [1.54, 1.807) is 23.7 Å². The third-order valence-corrected chi connectivity index (χ3v) is 10.9. The Bertz CT molecular complexity index is 797. The van der Waals surface area contributed by atoms with Gasteiger partial charge in [0.05, 0.1) is 42.4 Å². The van der Waals surface area contributed by atoms with Gasteiger partial charge in [0.2, 0.25) is 17.7 Å². The highest BCUT2D eigenvalue weighted by atomic mass is 79.9. The minimum atomic E-state index is -0.713. The molecule has 3 N–H and O–H groups in total. The fourth-order valence-electron chi connectivity index (χ4n) is 6.31. The van der Waals surface area contributed by atoms with Crippen molar-refractivity contribution in [3.63, 3.8) is 0 Å². The number of nitrogens with one attached hydrogen (secondary N) is 2. The second-order valence-electron chi connectivity index (χ2n) is 10.2. The molecule has 34 heavy (non-hydrogen) atoms. The standard InChI is InChI=1S/C23H37BrN4O5S/c1-13(2)10-14(12-29)28-19(21(31)26-4-5-27-6-8-33-9-7-27)23-11-15(24)18(34-23)16(20(30)25-3)17(23)22(28)32/h13-19,29H,4-12H2,1-3H3,(H,25,30)(H,26,31)/t14-,15?,16+,17+,18+,19?,23?/m1/s1. The number of carbonyl (C=O) groups is 3. The van der Waals surface area contributed by atoms with E-state index in [9.17, 15) is 19.5 Å². The average Bonchev–Trinajstić information content (AvgIpc) is 3.41. The van der Waals surface area contributed by atoms with E-state index in [0.29, 0.717) is 32.6 Å². The SMILES string of the molecule is CNC(=O)[C@H]1[C@H]2C(=O)N([C@@H](CO)CC(C)C)C(C(=O)NCCN3CCOCC3)C23CC(Br)[C@@H]1S3. The number of rotatable bonds is 9. The van der Waals surface area contributed by atoms with Gasteiger partial charge in [0.25, 0.3) is 0 Å². The summed E-state index contributed by atoms with van der Waals surface area (Å²) in [6.07, 6.45) is 1.24. The summed E-state index contributed by atoms with van der Waals surface area (Å²) >= 11 is 5.37. The molecule has 4 aliphatic rings. The normalized spacial score (nSPS) is 36.1. The molecule has 9 nitrogen and oxygen atoms in total. The van der Waals surface area contributed by atoms with Crippen molar-refractivity contribution in [3.05, 3.63) is 0 Å². The van der Waals surface area contributed by atoms with Crippen LogP contribution >= 0.6 is 27.7 Å². The van der Waals surface area contributed by atoms with Gasteiger partial charge in [-0.25, -0.2) is 0 Å². The quantitative estimate of drug-likeness (QED) is 0.342. The lowest BCUT2D eigenvalue weighted by Crippen LogP contribution is -2.57. The van der Waals surface area contributed by atoms with E-state index in [0.717, 1.165) is 19.6 Å². The van der Waals surface area contributed by atoms with Gasteiger partial charge in [-0.15, -0.1) is 11.8 Å². The molecule has 4 saturated heterocycles. The van der Waals surface area contributed by atoms with E-state index in [2.05, 4.69) is 31.5 Å². The number of fused-ring (bicyclic) bond motifs is 1. The van der Waals surface area contributed by atoms with Crippen molar-refractivity contribution in [2.45, 2.75) is 53.6 Å². The molecule has 192 valence electrons. The molecule has 0 radical (unpaired) electrons. The Kier molecular flexibility index (Phi) is 8.18. The van der Waals surface area contributed by atoms with Gasteiger partial charge in [-0.3, -0.25) is 19.3 Å². The Morgan fingerprint density at radius 3 is 2.62 bits per heavy atom. The smallest absolute Gasteiger partial charge is 0.244 e. The van der Waals surface area contributed by atoms with E-state index in [4.69, 9.17) is 4.74 Å². The van der Waals surface area contributed by atoms with Gasteiger partial charge in [-0.2, -0.15) is 0 Å². The molecule has 4 aliphatic heterocycles. The molecule has 11 heteroatoms. The molecule has 0 saturated carbocycles. The maximum Gasteiger partial charge on any atom is 0.244 e. The van der Waals surface area contributed by atoms with Crippen molar-refractivity contribution < 1.29 is 24.2 Å². The van der Waals surface area contributed by atoms with Gasteiger partial charge in [0.1, 0.15) is 6.04 Å². The monoisotopic (exact) mass is 560 g/mol. The third kappa shape index (κ3) is 4.51. The Balaban J connectivity index is 1.62. The summed E-state index contributed by atoms with van der Waals surface area (Å²) in [6.45, 7) is 8.16. The summed E-state index contributed by atoms with van der Waals surface area (Å²) < 4.78 is 4.72. The van der Waals surface area contributed by atoms with Gasteiger partial charge in [0.15, 0.2) is 0 Å². The van der Waals surface area contributed by atoms with E-state index in [-0.39, 0.29) is 40.3 Å². The maximum atomic E-state index is 13.9. The lowest BCUT2D eigenvalue weighted by Gasteiger charge is -2.38. The number of halogens is 1. The van der Waals surface area contributed by atoms with Gasteiger partial charge in [0, 0.05) is 43.3 Å². The number of likely N-dealkylation sites (tertiary alicyclic amines) is 1. The van der Waals surface area contributed by atoms with Crippen LogP contribution in [0.15, 0.2) is 0 Å². The summed E-state index contributed by atoms with van der Waals surface area (Å²) in [5.74, 6) is -1.32. The van der Waals surface area contributed by atoms with Gasteiger partial charge >= 0.3 is 0 Å². The highest BCUT2D eigenvalue weighted by Crippen LogP contribution is 2.68. The number of thioether (sulfide) groups is 1. The molecule has 0 aromatic carbocycles. The number of aliphatic hydroxyl groups excluding tert-OH is 1. The zero-order chi connectivity index (χ0) is 24.6. The van der Waals surface area contributed by atoms with Crippen LogP contribution in [0.3, 0.4) is 0 Å². The molecule has 4 rings (SSSR count). The lowest BCUT2D eigenvalue weighted by molar-refractivity contribution is -0.143. The van der Waals surface area contributed by atoms with Crippen LogP contribution in [0.2, 0.25) is 0 Å². The number of hydrogen-bond donors (Lipinski definition) is 3. The third-order valence-electron chi connectivity index (χ3n) is 7.70. The predicted molar refractivity (Wildman–Crippen MR) is 134 cm³/mol. The number of nitrogens with zero attached hydrogens (tertiary/aromatic N) is 2. The number of aliphatic hydroxyl groups is 1. The second kappa shape index (κ2) is 10.6. The molecule has 7 atom stereocenters. The van der Waals surface area contributed by atoms with Crippen LogP contribution in [0.5, 0.6) is 0 Å². The summed E-state index contributed by atoms with van der Waals surface area (Å²) in [6, 6.07) is -1.17. The average molecular weight is 562 g/mol. The van der Waals surface area contributed by atoms with Gasteiger partial charge in [-0.1, -0.05) is 29.8 Å². The van der Waals surface area contributed by atoms with Crippen LogP contribution in [0.4, 0.5) is 0 Å². The highest BCUT2D eigenvalue weighted by molar-refractivity contribution is 9.09. The highest BCUT2D eigenvalue weighted by Gasteiger charge is 2.76. The molecule has 4 fully saturated rings. The first kappa shape index (κ1) is 26.2. The van der Waals surface area contributed by atoms with E-state index in [1.807, 2.05) is 13.8 Å². The first-order chi connectivity index (χ1) is 16.2. The molecule has 0 aliphatic carbocycles. The van der Waals surface area contributed by atoms with Crippen LogP contribution in [0, 0.1) is 17.8 Å². The largest absolute Gasteiger partial charge is 0.394 e. The number of hydrogen-bond acceptors (Lipinski definition) is 7. The van der Waals surface area contributed by atoms with Crippen LogP contribution in [-0.4, -0.2) is 113 Å². The number of alkyl halides is 1. The van der Waals surface area contributed by atoms with E-state index < -0.39 is 28.7 Å². The predicted octanol–water partition coefficient (Wildman–Crippen LogP) is 0.0524. The first-order valence-corrected chi connectivity index (χ1v) is 14.1. The summed E-state index contributed by atoms with van der Waals surface area (Å²) in [7, 11) is 1.59. The van der Waals surface area contributed by atoms with Crippen molar-refractivity contribution in [2.24, 2.45) is 17.8 Å². The number of ether oxygens (including phenoxy) is 1. The molecular formula is C23H37BrN4O5S. The molecule has 3 unspecified atom stereocenters. The van der Waals surface area contributed by atoms with Crippen LogP contribution in [0.1, 0.15) is 26.7 Å². The molecule has 0 aromatic rings.